The molecule has 0 aliphatic rings. The standard InChI is InChI=1S/C11H11BrN4O/c1-2-7-6-9(16-15-7)14-11(17)8-4-3-5-13-10(8)12/h3-6H,2H2,1H3,(H2,14,15,16,17). The summed E-state index contributed by atoms with van der Waals surface area (Å²) in [6.07, 6.45) is 2.46. The van der Waals surface area contributed by atoms with Crippen molar-refractivity contribution in [1.29, 1.82) is 0 Å². The lowest BCUT2D eigenvalue weighted by molar-refractivity contribution is 0.102. The van der Waals surface area contributed by atoms with Crippen LogP contribution >= 0.6 is 15.9 Å². The fourth-order valence-electron chi connectivity index (χ4n) is 1.35. The van der Waals surface area contributed by atoms with Gasteiger partial charge in [-0.1, -0.05) is 6.92 Å². The number of aromatic amines is 1. The fourth-order valence-corrected chi connectivity index (χ4v) is 1.78. The third-order valence-electron chi connectivity index (χ3n) is 2.26. The minimum absolute atomic E-state index is 0.237. The van der Waals surface area contributed by atoms with Crippen LogP contribution in [0.2, 0.25) is 0 Å². The van der Waals surface area contributed by atoms with Crippen LogP contribution in [0.5, 0.6) is 0 Å². The summed E-state index contributed by atoms with van der Waals surface area (Å²) in [6, 6.07) is 5.21. The molecule has 0 unspecified atom stereocenters. The molecule has 0 bridgehead atoms. The van der Waals surface area contributed by atoms with Crippen LogP contribution in [0.3, 0.4) is 0 Å². The van der Waals surface area contributed by atoms with E-state index in [1.807, 2.05) is 13.0 Å². The molecule has 88 valence electrons. The number of nitrogens with zero attached hydrogens (tertiary/aromatic N) is 2. The first-order chi connectivity index (χ1) is 8.20. The molecule has 0 saturated heterocycles. The van der Waals surface area contributed by atoms with E-state index in [1.165, 1.54) is 0 Å². The normalized spacial score (nSPS) is 10.2. The van der Waals surface area contributed by atoms with Crippen LogP contribution in [-0.4, -0.2) is 21.1 Å². The van der Waals surface area contributed by atoms with Crippen molar-refractivity contribution in [3.05, 3.63) is 40.3 Å². The molecular weight excluding hydrogens is 284 g/mol. The third-order valence-corrected chi connectivity index (χ3v) is 2.89. The molecule has 1 amide bonds. The molecule has 0 atom stereocenters. The van der Waals surface area contributed by atoms with E-state index in [2.05, 4.69) is 36.4 Å². The van der Waals surface area contributed by atoms with Crippen LogP contribution in [0.15, 0.2) is 29.0 Å². The molecule has 0 saturated carbocycles. The van der Waals surface area contributed by atoms with E-state index in [0.29, 0.717) is 16.0 Å². The number of halogens is 1. The van der Waals surface area contributed by atoms with E-state index >= 15 is 0 Å². The highest BCUT2D eigenvalue weighted by Gasteiger charge is 2.11. The molecule has 17 heavy (non-hydrogen) atoms. The van der Waals surface area contributed by atoms with Gasteiger partial charge >= 0.3 is 0 Å². The molecule has 0 fully saturated rings. The Morgan fingerprint density at radius 1 is 1.59 bits per heavy atom. The van der Waals surface area contributed by atoms with Gasteiger partial charge in [-0.15, -0.1) is 0 Å². The van der Waals surface area contributed by atoms with Gasteiger partial charge in [0.15, 0.2) is 5.82 Å². The summed E-state index contributed by atoms with van der Waals surface area (Å²) in [5.41, 5.74) is 1.46. The molecule has 2 aromatic heterocycles. The number of aryl methyl sites for hydroxylation is 1. The summed E-state index contributed by atoms with van der Waals surface area (Å²) in [4.78, 5) is 15.9. The second-order valence-corrected chi connectivity index (χ2v) is 4.18. The Balaban J connectivity index is 2.14. The van der Waals surface area contributed by atoms with Crippen LogP contribution in [0.1, 0.15) is 23.0 Å². The lowest BCUT2D eigenvalue weighted by Crippen LogP contribution is -2.13. The van der Waals surface area contributed by atoms with Crippen molar-refractivity contribution in [3.63, 3.8) is 0 Å². The van der Waals surface area contributed by atoms with Crippen LogP contribution in [0, 0.1) is 0 Å². The molecule has 0 radical (unpaired) electrons. The Morgan fingerprint density at radius 3 is 3.06 bits per heavy atom. The Hall–Kier alpha value is -1.69. The number of pyridine rings is 1. The van der Waals surface area contributed by atoms with E-state index in [-0.39, 0.29) is 5.91 Å². The van der Waals surface area contributed by atoms with Gasteiger partial charge in [-0.05, 0) is 34.5 Å². The number of H-pyrrole nitrogens is 1. The van der Waals surface area contributed by atoms with Gasteiger partial charge in [-0.2, -0.15) is 5.10 Å². The summed E-state index contributed by atoms with van der Waals surface area (Å²) in [5, 5.41) is 9.53. The third kappa shape index (κ3) is 2.71. The maximum absolute atomic E-state index is 11.9. The number of carbonyl (C=O) groups excluding carboxylic acids is 1. The van der Waals surface area contributed by atoms with Crippen molar-refractivity contribution in [1.82, 2.24) is 15.2 Å². The molecule has 6 heteroatoms. The quantitative estimate of drug-likeness (QED) is 0.854. The lowest BCUT2D eigenvalue weighted by atomic mass is 10.2. The van der Waals surface area contributed by atoms with E-state index < -0.39 is 0 Å². The molecule has 2 N–H and O–H groups in total. The largest absolute Gasteiger partial charge is 0.305 e. The molecular formula is C11H11BrN4O. The molecule has 5 nitrogen and oxygen atoms in total. The number of anilines is 1. The smallest absolute Gasteiger partial charge is 0.259 e. The van der Waals surface area contributed by atoms with Gasteiger partial charge in [0.05, 0.1) is 5.56 Å². The maximum atomic E-state index is 11.9. The zero-order valence-corrected chi connectivity index (χ0v) is 10.8. The van der Waals surface area contributed by atoms with E-state index in [1.54, 1.807) is 18.3 Å². The number of aromatic nitrogens is 3. The summed E-state index contributed by atoms with van der Waals surface area (Å²) in [7, 11) is 0. The SMILES string of the molecule is CCc1cc(NC(=O)c2cccnc2Br)n[nH]1. The Labute approximate surface area is 107 Å². The molecule has 0 aliphatic carbocycles. The van der Waals surface area contributed by atoms with Gasteiger partial charge in [0.25, 0.3) is 5.91 Å². The predicted molar refractivity (Wildman–Crippen MR) is 67.9 cm³/mol. The van der Waals surface area contributed by atoms with Crippen LogP contribution in [-0.2, 0) is 6.42 Å². The van der Waals surface area contributed by atoms with Gasteiger partial charge in [0.2, 0.25) is 0 Å². The summed E-state index contributed by atoms with van der Waals surface area (Å²) < 4.78 is 0.517. The van der Waals surface area contributed by atoms with Crippen LogP contribution in [0.25, 0.3) is 0 Å². The highest BCUT2D eigenvalue weighted by molar-refractivity contribution is 9.10. The average molecular weight is 295 g/mol. The second-order valence-electron chi connectivity index (χ2n) is 3.43. The number of hydrogen-bond donors (Lipinski definition) is 2. The maximum Gasteiger partial charge on any atom is 0.259 e. The number of hydrogen-bond acceptors (Lipinski definition) is 3. The molecule has 2 rings (SSSR count). The zero-order chi connectivity index (χ0) is 12.3. The zero-order valence-electron chi connectivity index (χ0n) is 9.20. The summed E-state index contributed by atoms with van der Waals surface area (Å²) >= 11 is 3.23. The minimum atomic E-state index is -0.237. The van der Waals surface area contributed by atoms with Crippen molar-refractivity contribution < 1.29 is 4.79 Å². The van der Waals surface area contributed by atoms with Crippen molar-refractivity contribution in [3.8, 4) is 0 Å². The molecule has 0 spiro atoms. The highest BCUT2D eigenvalue weighted by Crippen LogP contribution is 2.14. The molecule has 0 aliphatic heterocycles. The monoisotopic (exact) mass is 294 g/mol. The molecule has 2 heterocycles. The minimum Gasteiger partial charge on any atom is -0.305 e. The van der Waals surface area contributed by atoms with Gasteiger partial charge < -0.3 is 5.32 Å². The number of rotatable bonds is 3. The van der Waals surface area contributed by atoms with E-state index in [4.69, 9.17) is 0 Å². The van der Waals surface area contributed by atoms with Crippen LogP contribution < -0.4 is 5.32 Å². The van der Waals surface area contributed by atoms with Crippen molar-refractivity contribution in [2.45, 2.75) is 13.3 Å². The first-order valence-electron chi connectivity index (χ1n) is 5.17. The number of carbonyl (C=O) groups is 1. The van der Waals surface area contributed by atoms with Crippen molar-refractivity contribution in [2.24, 2.45) is 0 Å². The summed E-state index contributed by atoms with van der Waals surface area (Å²) in [6.45, 7) is 2.01. The predicted octanol–water partition coefficient (Wildman–Crippen LogP) is 2.38. The van der Waals surface area contributed by atoms with Gasteiger partial charge in [-0.25, -0.2) is 4.98 Å². The van der Waals surface area contributed by atoms with Gasteiger partial charge in [0, 0.05) is 18.0 Å². The topological polar surface area (TPSA) is 70.7 Å². The Morgan fingerprint density at radius 2 is 2.41 bits per heavy atom. The Kier molecular flexibility index (Phi) is 3.53. The highest BCUT2D eigenvalue weighted by atomic mass is 79.9. The lowest BCUT2D eigenvalue weighted by Gasteiger charge is -2.02. The Bertz CT molecular complexity index is 538. The van der Waals surface area contributed by atoms with Crippen LogP contribution in [0.4, 0.5) is 5.82 Å². The first kappa shape index (κ1) is 11.8. The molecule has 2 aromatic rings. The van der Waals surface area contributed by atoms with Crippen molar-refractivity contribution >= 4 is 27.7 Å². The van der Waals surface area contributed by atoms with Crippen molar-refractivity contribution in [2.75, 3.05) is 5.32 Å². The van der Waals surface area contributed by atoms with Gasteiger partial charge in [0.1, 0.15) is 4.60 Å². The van der Waals surface area contributed by atoms with E-state index in [0.717, 1.165) is 12.1 Å². The number of amides is 1. The van der Waals surface area contributed by atoms with E-state index in [9.17, 15) is 4.79 Å². The fraction of sp³-hybridized carbons (Fsp3) is 0.182. The summed E-state index contributed by atoms with van der Waals surface area (Å²) in [5.74, 6) is 0.279. The average Bonchev–Trinajstić information content (AvgIpc) is 2.77. The number of nitrogens with one attached hydrogen (secondary N) is 2. The first-order valence-corrected chi connectivity index (χ1v) is 5.96. The molecule has 0 aromatic carbocycles. The van der Waals surface area contributed by atoms with Gasteiger partial charge in [-0.3, -0.25) is 9.89 Å². The second kappa shape index (κ2) is 5.09.